The first-order valence-electron chi connectivity index (χ1n) is 8.40. The van der Waals surface area contributed by atoms with Crippen molar-refractivity contribution in [2.45, 2.75) is 39.6 Å². The van der Waals surface area contributed by atoms with Crippen molar-refractivity contribution in [1.29, 1.82) is 0 Å². The van der Waals surface area contributed by atoms with E-state index in [1.807, 2.05) is 54.5 Å². The Morgan fingerprint density at radius 1 is 1.32 bits per heavy atom. The van der Waals surface area contributed by atoms with Crippen molar-refractivity contribution < 1.29 is 9.52 Å². The van der Waals surface area contributed by atoms with Gasteiger partial charge in [-0.15, -0.1) is 0 Å². The van der Waals surface area contributed by atoms with E-state index < -0.39 is 6.10 Å². The monoisotopic (exact) mass is 343 g/mol. The van der Waals surface area contributed by atoms with Crippen molar-refractivity contribution in [1.82, 2.24) is 24.2 Å². The molecular weight excluding hydrogens is 318 g/mol. The maximum atomic E-state index is 10.6. The predicted molar refractivity (Wildman–Crippen MR) is 93.7 cm³/mol. The third-order valence-electron chi connectivity index (χ3n) is 4.22. The van der Waals surface area contributed by atoms with Crippen molar-refractivity contribution in [2.24, 2.45) is 7.05 Å². The number of aliphatic hydroxyl groups excluding tert-OH is 1. The summed E-state index contributed by atoms with van der Waals surface area (Å²) in [7, 11) is 1.97. The lowest BCUT2D eigenvalue weighted by Gasteiger charge is -2.24. The Morgan fingerprint density at radius 2 is 2.16 bits per heavy atom. The molecule has 0 bridgehead atoms. The summed E-state index contributed by atoms with van der Waals surface area (Å²) in [4.78, 5) is 6.33. The molecule has 3 heterocycles. The molecule has 134 valence electrons. The second-order valence-corrected chi connectivity index (χ2v) is 6.51. The number of furan rings is 1. The highest BCUT2D eigenvalue weighted by atomic mass is 16.3. The molecule has 1 unspecified atom stereocenters. The Hall–Kier alpha value is -2.38. The van der Waals surface area contributed by atoms with E-state index in [-0.39, 0.29) is 0 Å². The lowest BCUT2D eigenvalue weighted by atomic mass is 10.2. The van der Waals surface area contributed by atoms with E-state index in [0.717, 1.165) is 22.8 Å². The van der Waals surface area contributed by atoms with Gasteiger partial charge in [-0.2, -0.15) is 5.10 Å². The topological polar surface area (TPSA) is 72.2 Å². The number of rotatable bonds is 8. The molecule has 3 aromatic heterocycles. The molecule has 0 fully saturated rings. The Labute approximate surface area is 147 Å². The lowest BCUT2D eigenvalue weighted by molar-refractivity contribution is 0.0828. The first kappa shape index (κ1) is 17.4. The molecule has 0 saturated heterocycles. The quantitative estimate of drug-likeness (QED) is 0.676. The third kappa shape index (κ3) is 4.58. The molecule has 0 amide bonds. The SMILES string of the molecule is Cc1cc(C)n(CC(O)CN(Cc2ccco2)Cc2cncn2C)n1. The molecule has 0 radical (unpaired) electrons. The summed E-state index contributed by atoms with van der Waals surface area (Å²) in [6.45, 7) is 6.27. The van der Waals surface area contributed by atoms with Crippen LogP contribution in [0.5, 0.6) is 0 Å². The van der Waals surface area contributed by atoms with Crippen molar-refractivity contribution in [3.05, 3.63) is 59.8 Å². The highest BCUT2D eigenvalue weighted by Crippen LogP contribution is 2.12. The van der Waals surface area contributed by atoms with Gasteiger partial charge in [-0.3, -0.25) is 9.58 Å². The standard InChI is InChI=1S/C18H25N5O2/c1-14-7-15(2)23(20-14)11-17(24)10-22(12-18-5-4-6-25-18)9-16-8-19-13-21(16)3/h4-8,13,17,24H,9-12H2,1-3H3. The minimum absolute atomic E-state index is 0.472. The largest absolute Gasteiger partial charge is 0.468 e. The number of hydrogen-bond donors (Lipinski definition) is 1. The second-order valence-electron chi connectivity index (χ2n) is 6.51. The van der Waals surface area contributed by atoms with Crippen molar-refractivity contribution in [2.75, 3.05) is 6.54 Å². The number of aryl methyl sites for hydroxylation is 3. The zero-order valence-electron chi connectivity index (χ0n) is 15.0. The number of aliphatic hydroxyl groups is 1. The Bertz CT molecular complexity index is 790. The fourth-order valence-corrected chi connectivity index (χ4v) is 2.99. The fourth-order valence-electron chi connectivity index (χ4n) is 2.99. The first-order valence-corrected chi connectivity index (χ1v) is 8.40. The van der Waals surface area contributed by atoms with E-state index in [4.69, 9.17) is 4.42 Å². The van der Waals surface area contributed by atoms with E-state index in [9.17, 15) is 5.11 Å². The highest BCUT2D eigenvalue weighted by molar-refractivity contribution is 5.07. The van der Waals surface area contributed by atoms with E-state index in [1.165, 1.54) is 0 Å². The van der Waals surface area contributed by atoms with Gasteiger partial charge < -0.3 is 14.1 Å². The first-order chi connectivity index (χ1) is 12.0. The van der Waals surface area contributed by atoms with Gasteiger partial charge in [0.05, 0.1) is 43.2 Å². The maximum Gasteiger partial charge on any atom is 0.117 e. The van der Waals surface area contributed by atoms with Gasteiger partial charge in [-0.05, 0) is 32.0 Å². The molecule has 0 aliphatic rings. The number of nitrogens with zero attached hydrogens (tertiary/aromatic N) is 5. The summed E-state index contributed by atoms with van der Waals surface area (Å²) in [5, 5.41) is 15.0. The Morgan fingerprint density at radius 3 is 2.76 bits per heavy atom. The molecule has 0 saturated carbocycles. The average molecular weight is 343 g/mol. The number of hydrogen-bond acceptors (Lipinski definition) is 5. The minimum atomic E-state index is -0.527. The molecule has 0 spiro atoms. The molecule has 7 nitrogen and oxygen atoms in total. The minimum Gasteiger partial charge on any atom is -0.468 e. The van der Waals surface area contributed by atoms with Gasteiger partial charge in [-0.25, -0.2) is 4.98 Å². The Kier molecular flexibility index (Phi) is 5.35. The zero-order chi connectivity index (χ0) is 17.8. The van der Waals surface area contributed by atoms with Crippen LogP contribution in [0.15, 0.2) is 41.4 Å². The highest BCUT2D eigenvalue weighted by Gasteiger charge is 2.17. The molecule has 0 aromatic carbocycles. The van der Waals surface area contributed by atoms with Crippen LogP contribution in [0.4, 0.5) is 0 Å². The third-order valence-corrected chi connectivity index (χ3v) is 4.22. The van der Waals surface area contributed by atoms with Gasteiger partial charge in [-0.1, -0.05) is 0 Å². The van der Waals surface area contributed by atoms with Crippen molar-refractivity contribution in [3.63, 3.8) is 0 Å². The summed E-state index contributed by atoms with van der Waals surface area (Å²) in [6, 6.07) is 5.84. The van der Waals surface area contributed by atoms with E-state index in [1.54, 1.807) is 12.6 Å². The van der Waals surface area contributed by atoms with Crippen LogP contribution < -0.4 is 0 Å². The van der Waals surface area contributed by atoms with Crippen LogP contribution in [0, 0.1) is 13.8 Å². The number of imidazole rings is 1. The van der Waals surface area contributed by atoms with Crippen LogP contribution in [0.3, 0.4) is 0 Å². The Balaban J connectivity index is 1.67. The van der Waals surface area contributed by atoms with Crippen LogP contribution in [-0.2, 0) is 26.7 Å². The molecule has 25 heavy (non-hydrogen) atoms. The molecule has 1 atom stereocenters. The lowest BCUT2D eigenvalue weighted by Crippen LogP contribution is -2.35. The van der Waals surface area contributed by atoms with Crippen LogP contribution in [0.1, 0.15) is 22.8 Å². The summed E-state index contributed by atoms with van der Waals surface area (Å²) >= 11 is 0. The normalized spacial score (nSPS) is 12.8. The van der Waals surface area contributed by atoms with Gasteiger partial charge in [0.25, 0.3) is 0 Å². The summed E-state index contributed by atoms with van der Waals surface area (Å²) in [5.74, 6) is 0.875. The van der Waals surface area contributed by atoms with E-state index in [2.05, 4.69) is 15.0 Å². The summed E-state index contributed by atoms with van der Waals surface area (Å²) in [5.41, 5.74) is 3.11. The van der Waals surface area contributed by atoms with Gasteiger partial charge >= 0.3 is 0 Å². The molecule has 7 heteroatoms. The summed E-state index contributed by atoms with van der Waals surface area (Å²) in [6.07, 6.45) is 4.78. The molecule has 3 rings (SSSR count). The number of aromatic nitrogens is 4. The second kappa shape index (κ2) is 7.67. The summed E-state index contributed by atoms with van der Waals surface area (Å²) < 4.78 is 9.32. The van der Waals surface area contributed by atoms with Crippen molar-refractivity contribution in [3.8, 4) is 0 Å². The average Bonchev–Trinajstić information content (AvgIpc) is 3.25. The molecular formula is C18H25N5O2. The van der Waals surface area contributed by atoms with Gasteiger partial charge in [0.2, 0.25) is 0 Å². The molecule has 0 aliphatic heterocycles. The van der Waals surface area contributed by atoms with Crippen LogP contribution in [0.2, 0.25) is 0 Å². The maximum absolute atomic E-state index is 10.6. The predicted octanol–water partition coefficient (Wildman–Crippen LogP) is 1.89. The smallest absolute Gasteiger partial charge is 0.117 e. The van der Waals surface area contributed by atoms with Crippen LogP contribution in [0.25, 0.3) is 0 Å². The zero-order valence-corrected chi connectivity index (χ0v) is 15.0. The van der Waals surface area contributed by atoms with E-state index >= 15 is 0 Å². The van der Waals surface area contributed by atoms with Gasteiger partial charge in [0.1, 0.15) is 5.76 Å². The van der Waals surface area contributed by atoms with Crippen LogP contribution in [-0.4, -0.2) is 42.0 Å². The fraction of sp³-hybridized carbons (Fsp3) is 0.444. The van der Waals surface area contributed by atoms with Crippen LogP contribution >= 0.6 is 0 Å². The van der Waals surface area contributed by atoms with Crippen molar-refractivity contribution >= 4 is 0 Å². The molecule has 0 aliphatic carbocycles. The molecule has 1 N–H and O–H groups in total. The van der Waals surface area contributed by atoms with Gasteiger partial charge in [0, 0.05) is 32.0 Å². The molecule has 3 aromatic rings. The van der Waals surface area contributed by atoms with E-state index in [0.29, 0.717) is 26.2 Å². The van der Waals surface area contributed by atoms with Gasteiger partial charge in [0.15, 0.2) is 0 Å².